The fourth-order valence-corrected chi connectivity index (χ4v) is 4.00. The van der Waals surface area contributed by atoms with Crippen LogP contribution in [0.3, 0.4) is 0 Å². The molecule has 0 atom stereocenters. The van der Waals surface area contributed by atoms with Crippen LogP contribution in [0.5, 0.6) is 0 Å². The lowest BCUT2D eigenvalue weighted by atomic mass is 9.88. The Balaban J connectivity index is 1.61. The zero-order chi connectivity index (χ0) is 16.9. The molecule has 0 unspecified atom stereocenters. The van der Waals surface area contributed by atoms with Crippen LogP contribution < -0.4 is 10.2 Å². The number of carbonyl (C=O) groups is 1. The number of carbonyl (C=O) groups excluding carboxylic acids is 1. The van der Waals surface area contributed by atoms with Crippen LogP contribution >= 0.6 is 0 Å². The molecular weight excluding hydrogens is 298 g/mol. The number of piperazine rings is 1. The van der Waals surface area contributed by atoms with E-state index in [9.17, 15) is 4.79 Å². The van der Waals surface area contributed by atoms with E-state index in [0.29, 0.717) is 0 Å². The highest BCUT2D eigenvalue weighted by Gasteiger charge is 2.22. The van der Waals surface area contributed by atoms with Gasteiger partial charge in [-0.2, -0.15) is 0 Å². The molecule has 3 rings (SSSR count). The lowest BCUT2D eigenvalue weighted by molar-refractivity contribution is -0.120. The Kier molecular flexibility index (Phi) is 5.77. The van der Waals surface area contributed by atoms with Gasteiger partial charge in [-0.15, -0.1) is 0 Å². The summed E-state index contributed by atoms with van der Waals surface area (Å²) in [5.41, 5.74) is 3.50. The van der Waals surface area contributed by atoms with E-state index in [1.54, 1.807) is 0 Å². The zero-order valence-corrected chi connectivity index (χ0v) is 15.2. The van der Waals surface area contributed by atoms with Crippen LogP contribution in [-0.2, 0) is 4.79 Å². The molecular formula is C20H31N3O. The maximum Gasteiger partial charge on any atom is 0.227 e. The van der Waals surface area contributed by atoms with Gasteiger partial charge in [-0.05, 0) is 50.1 Å². The zero-order valence-electron chi connectivity index (χ0n) is 15.2. The maximum absolute atomic E-state index is 12.4. The minimum atomic E-state index is 0.207. The third kappa shape index (κ3) is 4.10. The number of nitrogens with zero attached hydrogens (tertiary/aromatic N) is 2. The predicted octanol–water partition coefficient (Wildman–Crippen LogP) is 3.66. The van der Waals surface area contributed by atoms with Gasteiger partial charge in [0.05, 0.1) is 0 Å². The van der Waals surface area contributed by atoms with Crippen molar-refractivity contribution in [2.75, 3.05) is 42.9 Å². The summed E-state index contributed by atoms with van der Waals surface area (Å²) in [6.45, 7) is 9.96. The van der Waals surface area contributed by atoms with Crippen LogP contribution in [0.25, 0.3) is 0 Å². The summed E-state index contributed by atoms with van der Waals surface area (Å²) < 4.78 is 0. The lowest BCUT2D eigenvalue weighted by Crippen LogP contribution is -2.46. The summed E-state index contributed by atoms with van der Waals surface area (Å²) in [7, 11) is 0. The third-order valence-corrected chi connectivity index (χ3v) is 5.60. The van der Waals surface area contributed by atoms with Crippen LogP contribution in [0.15, 0.2) is 18.2 Å². The summed E-state index contributed by atoms with van der Waals surface area (Å²) in [5.74, 6) is 0.416. The Hall–Kier alpha value is -1.55. The molecule has 4 nitrogen and oxygen atoms in total. The summed E-state index contributed by atoms with van der Waals surface area (Å²) in [6, 6.07) is 6.37. The Morgan fingerprint density at radius 2 is 1.83 bits per heavy atom. The van der Waals surface area contributed by atoms with Gasteiger partial charge in [0, 0.05) is 43.5 Å². The number of hydrogen-bond donors (Lipinski definition) is 1. The highest BCUT2D eigenvalue weighted by molar-refractivity contribution is 5.93. The first-order valence-electron chi connectivity index (χ1n) is 9.56. The number of aryl methyl sites for hydroxylation is 1. The monoisotopic (exact) mass is 329 g/mol. The Labute approximate surface area is 146 Å². The number of rotatable bonds is 4. The van der Waals surface area contributed by atoms with Gasteiger partial charge in [-0.3, -0.25) is 4.79 Å². The highest BCUT2D eigenvalue weighted by atomic mass is 16.1. The van der Waals surface area contributed by atoms with Crippen molar-refractivity contribution in [2.24, 2.45) is 5.92 Å². The van der Waals surface area contributed by atoms with Crippen LogP contribution in [0, 0.1) is 12.8 Å². The molecule has 2 aliphatic rings. The lowest BCUT2D eigenvalue weighted by Gasteiger charge is -2.36. The molecule has 132 valence electrons. The van der Waals surface area contributed by atoms with Crippen LogP contribution in [0.2, 0.25) is 0 Å². The first kappa shape index (κ1) is 17.3. The Bertz CT molecular complexity index is 558. The number of likely N-dealkylation sites (N-methyl/N-ethyl adjacent to an activating group) is 1. The molecule has 0 radical (unpaired) electrons. The smallest absolute Gasteiger partial charge is 0.227 e. The second-order valence-corrected chi connectivity index (χ2v) is 7.25. The van der Waals surface area contributed by atoms with Gasteiger partial charge < -0.3 is 15.1 Å². The summed E-state index contributed by atoms with van der Waals surface area (Å²) >= 11 is 0. The van der Waals surface area contributed by atoms with Crippen molar-refractivity contribution in [3.63, 3.8) is 0 Å². The number of nitrogens with one attached hydrogen (secondary N) is 1. The Morgan fingerprint density at radius 1 is 1.12 bits per heavy atom. The van der Waals surface area contributed by atoms with E-state index in [4.69, 9.17) is 0 Å². The molecule has 1 aromatic carbocycles. The van der Waals surface area contributed by atoms with E-state index in [1.165, 1.54) is 30.5 Å². The van der Waals surface area contributed by atoms with Crippen molar-refractivity contribution in [1.29, 1.82) is 0 Å². The van der Waals surface area contributed by atoms with Crippen LogP contribution in [0.4, 0.5) is 11.4 Å². The fourth-order valence-electron chi connectivity index (χ4n) is 4.00. The molecule has 0 bridgehead atoms. The van der Waals surface area contributed by atoms with Crippen molar-refractivity contribution in [1.82, 2.24) is 4.90 Å². The topological polar surface area (TPSA) is 35.6 Å². The van der Waals surface area contributed by atoms with Crippen LogP contribution in [0.1, 0.15) is 44.6 Å². The fraction of sp³-hybridized carbons (Fsp3) is 0.650. The minimum absolute atomic E-state index is 0.207. The van der Waals surface area contributed by atoms with Crippen molar-refractivity contribution in [3.05, 3.63) is 23.8 Å². The summed E-state index contributed by atoms with van der Waals surface area (Å²) in [4.78, 5) is 17.4. The quantitative estimate of drug-likeness (QED) is 0.916. The largest absolute Gasteiger partial charge is 0.369 e. The van der Waals surface area contributed by atoms with E-state index in [1.807, 2.05) is 0 Å². The van der Waals surface area contributed by atoms with Crippen molar-refractivity contribution < 1.29 is 4.79 Å². The molecule has 1 aliphatic carbocycles. The van der Waals surface area contributed by atoms with E-state index in [-0.39, 0.29) is 11.8 Å². The molecule has 4 heteroatoms. The Morgan fingerprint density at radius 3 is 2.46 bits per heavy atom. The molecule has 1 amide bonds. The first-order valence-corrected chi connectivity index (χ1v) is 9.56. The molecule has 0 spiro atoms. The van der Waals surface area contributed by atoms with Crippen LogP contribution in [-0.4, -0.2) is 43.5 Å². The van der Waals surface area contributed by atoms with Gasteiger partial charge in [0.15, 0.2) is 0 Å². The van der Waals surface area contributed by atoms with E-state index < -0.39 is 0 Å². The average Bonchev–Trinajstić information content (AvgIpc) is 2.63. The van der Waals surface area contributed by atoms with Gasteiger partial charge in [0.25, 0.3) is 0 Å². The third-order valence-electron chi connectivity index (χ3n) is 5.60. The number of hydrogen-bond acceptors (Lipinski definition) is 3. The molecule has 1 N–H and O–H groups in total. The second-order valence-electron chi connectivity index (χ2n) is 7.25. The molecule has 1 heterocycles. The summed E-state index contributed by atoms with van der Waals surface area (Å²) in [5, 5.41) is 3.13. The van der Waals surface area contributed by atoms with E-state index >= 15 is 0 Å². The molecule has 0 aromatic heterocycles. The second kappa shape index (κ2) is 8.02. The van der Waals surface area contributed by atoms with Crippen molar-refractivity contribution >= 4 is 17.3 Å². The van der Waals surface area contributed by atoms with Crippen molar-refractivity contribution in [2.45, 2.75) is 46.0 Å². The van der Waals surface area contributed by atoms with Gasteiger partial charge in [0.2, 0.25) is 5.91 Å². The predicted molar refractivity (Wildman–Crippen MR) is 101 cm³/mol. The van der Waals surface area contributed by atoms with Gasteiger partial charge in [-0.1, -0.05) is 26.2 Å². The van der Waals surface area contributed by atoms with Gasteiger partial charge >= 0.3 is 0 Å². The number of benzene rings is 1. The summed E-state index contributed by atoms with van der Waals surface area (Å²) in [6.07, 6.45) is 5.76. The number of amides is 1. The first-order chi connectivity index (χ1) is 11.7. The molecule has 1 aromatic rings. The minimum Gasteiger partial charge on any atom is -0.369 e. The molecule has 2 fully saturated rings. The molecule has 1 saturated heterocycles. The standard InChI is InChI=1S/C20H31N3O/c1-3-22-11-13-23(14-12-22)19-10-9-18(15-16(19)2)21-20(24)17-7-5-4-6-8-17/h9-10,15,17H,3-8,11-14H2,1-2H3,(H,21,24). The van der Waals surface area contributed by atoms with Crippen molar-refractivity contribution in [3.8, 4) is 0 Å². The normalized spacial score (nSPS) is 20.2. The highest BCUT2D eigenvalue weighted by Crippen LogP contribution is 2.27. The maximum atomic E-state index is 12.4. The SMILES string of the molecule is CCN1CCN(c2ccc(NC(=O)C3CCCCC3)cc2C)CC1. The molecule has 24 heavy (non-hydrogen) atoms. The van der Waals surface area contributed by atoms with Gasteiger partial charge in [0.1, 0.15) is 0 Å². The van der Waals surface area contributed by atoms with Gasteiger partial charge in [-0.25, -0.2) is 0 Å². The molecule has 1 saturated carbocycles. The average molecular weight is 329 g/mol. The van der Waals surface area contributed by atoms with E-state index in [0.717, 1.165) is 51.3 Å². The number of anilines is 2. The van der Waals surface area contributed by atoms with E-state index in [2.05, 4.69) is 47.2 Å². The molecule has 1 aliphatic heterocycles.